The normalized spacial score (nSPS) is 27.9. The predicted octanol–water partition coefficient (Wildman–Crippen LogP) is -0.0459. The summed E-state index contributed by atoms with van der Waals surface area (Å²) >= 11 is 6.08. The first kappa shape index (κ1) is 21.8. The molecule has 5 N–H and O–H groups in total. The van der Waals surface area contributed by atoms with E-state index in [0.717, 1.165) is 25.3 Å². The van der Waals surface area contributed by atoms with Crippen molar-refractivity contribution in [1.82, 2.24) is 20.5 Å². The molecule has 1 amide bonds. The molecule has 0 radical (unpaired) electrons. The number of rotatable bonds is 6. The Morgan fingerprint density at radius 3 is 2.79 bits per heavy atom. The minimum absolute atomic E-state index is 0.0977. The number of aromatic nitrogens is 1. The van der Waals surface area contributed by atoms with Gasteiger partial charge in [0, 0.05) is 45.0 Å². The van der Waals surface area contributed by atoms with Crippen molar-refractivity contribution in [1.29, 1.82) is 0 Å². The van der Waals surface area contributed by atoms with Crippen LogP contribution in [0.2, 0.25) is 0 Å². The third kappa shape index (κ3) is 5.20. The Labute approximate surface area is 175 Å². The summed E-state index contributed by atoms with van der Waals surface area (Å²) in [6.45, 7) is 5.79. The molecule has 29 heavy (non-hydrogen) atoms. The molecule has 3 unspecified atom stereocenters. The molecule has 160 valence electrons. The summed E-state index contributed by atoms with van der Waals surface area (Å²) in [4.78, 5) is 32.9. The minimum atomic E-state index is -1.20. The highest BCUT2D eigenvalue weighted by Gasteiger charge is 2.37. The fourth-order valence-corrected chi connectivity index (χ4v) is 3.90. The molecule has 3 atom stereocenters. The number of nitrogens with zero attached hydrogens (tertiary/aromatic N) is 4. The summed E-state index contributed by atoms with van der Waals surface area (Å²) in [6.07, 6.45) is 1.62. The first-order valence-electron chi connectivity index (χ1n) is 9.79. The number of halogens is 1. The van der Waals surface area contributed by atoms with Crippen molar-refractivity contribution in [3.05, 3.63) is 23.4 Å². The molecule has 1 aromatic heterocycles. The van der Waals surface area contributed by atoms with Crippen LogP contribution in [0.15, 0.2) is 23.6 Å². The van der Waals surface area contributed by atoms with Crippen molar-refractivity contribution in [2.75, 3.05) is 50.0 Å². The number of alkyl halides is 1. The second-order valence-electron chi connectivity index (χ2n) is 7.67. The van der Waals surface area contributed by atoms with E-state index in [9.17, 15) is 9.70 Å². The van der Waals surface area contributed by atoms with Crippen LogP contribution in [-0.2, 0) is 4.79 Å². The molecule has 0 spiro atoms. The van der Waals surface area contributed by atoms with Gasteiger partial charge in [0.25, 0.3) is 0 Å². The Kier molecular flexibility index (Phi) is 7.36. The number of nitroso groups, excluding NO2 is 1. The summed E-state index contributed by atoms with van der Waals surface area (Å²) in [6, 6.07) is 2.27. The molecule has 2 aliphatic heterocycles. The van der Waals surface area contributed by atoms with Crippen LogP contribution in [0.25, 0.3) is 0 Å². The number of hydrogen-bond acceptors (Lipinski definition) is 9. The van der Waals surface area contributed by atoms with E-state index < -0.39 is 24.2 Å². The van der Waals surface area contributed by atoms with Gasteiger partial charge in [0.1, 0.15) is 5.92 Å². The number of carbonyl (C=O) groups is 1. The van der Waals surface area contributed by atoms with Crippen LogP contribution in [0.5, 0.6) is 0 Å². The van der Waals surface area contributed by atoms with Gasteiger partial charge in [-0.2, -0.15) is 0 Å². The zero-order chi connectivity index (χ0) is 21.0. The lowest BCUT2D eigenvalue weighted by Gasteiger charge is -2.39. The van der Waals surface area contributed by atoms with Gasteiger partial charge >= 0.3 is 0 Å². The van der Waals surface area contributed by atoms with E-state index in [4.69, 9.17) is 17.3 Å². The van der Waals surface area contributed by atoms with Crippen molar-refractivity contribution in [2.24, 2.45) is 16.8 Å². The first-order chi connectivity index (χ1) is 13.9. The molecule has 3 heterocycles. The topological polar surface area (TPSA) is 128 Å². The van der Waals surface area contributed by atoms with Crippen molar-refractivity contribution < 1.29 is 4.79 Å². The summed E-state index contributed by atoms with van der Waals surface area (Å²) in [5.74, 6) is -1.29. The van der Waals surface area contributed by atoms with Crippen molar-refractivity contribution >= 4 is 28.9 Å². The lowest BCUT2D eigenvalue weighted by Crippen LogP contribution is -2.62. The van der Waals surface area contributed by atoms with Gasteiger partial charge in [0.15, 0.2) is 6.17 Å². The lowest BCUT2D eigenvalue weighted by molar-refractivity contribution is -0.121. The van der Waals surface area contributed by atoms with Gasteiger partial charge in [-0.1, -0.05) is 5.18 Å². The van der Waals surface area contributed by atoms with E-state index in [2.05, 4.69) is 49.9 Å². The highest BCUT2D eigenvalue weighted by Crippen LogP contribution is 2.27. The second-order valence-corrected chi connectivity index (χ2v) is 8.29. The fraction of sp³-hybridized carbons (Fsp3) is 0.667. The molecule has 2 aliphatic rings. The highest BCUT2D eigenvalue weighted by atomic mass is 35.5. The smallest absolute Gasteiger partial charge is 0.234 e. The third-order valence-electron chi connectivity index (χ3n) is 5.63. The molecule has 1 aromatic rings. The van der Waals surface area contributed by atoms with Crippen LogP contribution in [0, 0.1) is 10.8 Å². The number of hydrogen-bond donors (Lipinski definition) is 4. The Morgan fingerprint density at radius 1 is 1.41 bits per heavy atom. The summed E-state index contributed by atoms with van der Waals surface area (Å²) in [5.41, 5.74) is 7.35. The van der Waals surface area contributed by atoms with Crippen molar-refractivity contribution in [3.8, 4) is 0 Å². The van der Waals surface area contributed by atoms with Crippen LogP contribution in [0.1, 0.15) is 6.92 Å². The van der Waals surface area contributed by atoms with Crippen LogP contribution in [0.4, 0.5) is 11.4 Å². The molecule has 0 aromatic carbocycles. The number of piperazine rings is 1. The number of amides is 1. The Bertz CT molecular complexity index is 715. The summed E-state index contributed by atoms with van der Waals surface area (Å²) < 4.78 is 0. The molecular weight excluding hydrogens is 396 g/mol. The maximum atomic E-state index is 13.1. The highest BCUT2D eigenvalue weighted by molar-refractivity contribution is 6.21. The number of nitrogens with two attached hydrogens (primary N) is 1. The Balaban J connectivity index is 1.77. The molecule has 0 saturated carbocycles. The number of anilines is 2. The van der Waals surface area contributed by atoms with Gasteiger partial charge in [0.2, 0.25) is 5.91 Å². The largest absolute Gasteiger partial charge is 0.367 e. The van der Waals surface area contributed by atoms with Crippen LogP contribution >= 0.6 is 11.6 Å². The standard InChI is InChI=1S/C18H29ClN8O2/c1-11-10-27(6-5-26(11)2)14-3-4-21-9-13(14)24-18(28)15(16(20)25-29)17-22-7-12(19)8-23-17/h3-4,9,11-12,15-17,22-23H,5-8,10,20H2,1-2H3,(H,24,28). The van der Waals surface area contributed by atoms with Crippen LogP contribution in [-0.4, -0.2) is 79.3 Å². The van der Waals surface area contributed by atoms with Gasteiger partial charge in [-0.15, -0.1) is 16.5 Å². The molecule has 0 aliphatic carbocycles. The fourth-order valence-electron chi connectivity index (χ4n) is 3.72. The number of carbonyl (C=O) groups excluding carboxylic acids is 1. The summed E-state index contributed by atoms with van der Waals surface area (Å²) in [7, 11) is 2.10. The molecule has 2 fully saturated rings. The molecular formula is C18H29ClN8O2. The zero-order valence-electron chi connectivity index (χ0n) is 16.7. The maximum Gasteiger partial charge on any atom is 0.234 e. The minimum Gasteiger partial charge on any atom is -0.367 e. The van der Waals surface area contributed by atoms with Gasteiger partial charge in [-0.25, -0.2) is 0 Å². The SMILES string of the molecule is CC1CN(c2ccncc2NC(=O)C(C(N)N=O)C2NCC(Cl)CN2)CCN1C. The van der Waals surface area contributed by atoms with E-state index >= 15 is 0 Å². The average Bonchev–Trinajstić information content (AvgIpc) is 2.72. The third-order valence-corrected chi connectivity index (χ3v) is 5.93. The molecule has 2 saturated heterocycles. The van der Waals surface area contributed by atoms with Gasteiger partial charge < -0.3 is 20.9 Å². The molecule has 3 rings (SSSR count). The monoisotopic (exact) mass is 424 g/mol. The Morgan fingerprint density at radius 2 is 2.14 bits per heavy atom. The number of likely N-dealkylation sites (N-methyl/N-ethyl adjacent to an activating group) is 1. The quantitative estimate of drug-likeness (QED) is 0.370. The first-order valence-corrected chi connectivity index (χ1v) is 10.2. The molecule has 11 heteroatoms. The van der Waals surface area contributed by atoms with E-state index in [1.807, 2.05) is 6.07 Å². The average molecular weight is 425 g/mol. The van der Waals surface area contributed by atoms with E-state index in [1.54, 1.807) is 12.4 Å². The van der Waals surface area contributed by atoms with E-state index in [0.29, 0.717) is 24.8 Å². The van der Waals surface area contributed by atoms with Gasteiger partial charge in [0.05, 0.1) is 29.1 Å². The van der Waals surface area contributed by atoms with Crippen molar-refractivity contribution in [3.63, 3.8) is 0 Å². The predicted molar refractivity (Wildman–Crippen MR) is 114 cm³/mol. The van der Waals surface area contributed by atoms with Gasteiger partial charge in [-0.05, 0) is 20.0 Å². The van der Waals surface area contributed by atoms with E-state index in [-0.39, 0.29) is 5.38 Å². The van der Waals surface area contributed by atoms with Crippen molar-refractivity contribution in [2.45, 2.75) is 30.7 Å². The second kappa shape index (κ2) is 9.77. The number of pyridine rings is 1. The zero-order valence-corrected chi connectivity index (χ0v) is 17.5. The lowest BCUT2D eigenvalue weighted by atomic mass is 9.99. The molecule has 10 nitrogen and oxygen atoms in total. The van der Waals surface area contributed by atoms with Crippen LogP contribution in [0.3, 0.4) is 0 Å². The Hall–Kier alpha value is -1.85. The van der Waals surface area contributed by atoms with Crippen LogP contribution < -0.4 is 26.6 Å². The van der Waals surface area contributed by atoms with Gasteiger partial charge in [-0.3, -0.25) is 20.4 Å². The number of nitrogens with one attached hydrogen (secondary N) is 3. The van der Waals surface area contributed by atoms with E-state index in [1.165, 1.54) is 0 Å². The maximum absolute atomic E-state index is 13.1. The summed E-state index contributed by atoms with van der Waals surface area (Å²) in [5, 5.41) is 12.0. The molecule has 0 bridgehead atoms.